The summed E-state index contributed by atoms with van der Waals surface area (Å²) in [6.07, 6.45) is 1.80. The van der Waals surface area contributed by atoms with Gasteiger partial charge in [0.25, 0.3) is 0 Å². The van der Waals surface area contributed by atoms with Gasteiger partial charge in [0.15, 0.2) is 0 Å². The third-order valence-electron chi connectivity index (χ3n) is 4.39. The molecule has 1 fully saturated rings. The van der Waals surface area contributed by atoms with E-state index in [1.807, 2.05) is 17.0 Å². The number of thioether (sulfide) groups is 1. The normalized spacial score (nSPS) is 15.0. The number of rotatable bonds is 7. The molecule has 2 aromatic rings. The second kappa shape index (κ2) is 9.54. The maximum atomic E-state index is 11.4. The molecule has 1 aliphatic heterocycles. The molecule has 1 aromatic heterocycles. The minimum absolute atomic E-state index is 0.168. The molecule has 7 heteroatoms. The van der Waals surface area contributed by atoms with E-state index >= 15 is 0 Å². The fraction of sp³-hybridized carbons (Fsp3) is 0.421. The zero-order valence-electron chi connectivity index (χ0n) is 15.1. The molecule has 0 saturated carbocycles. The second-order valence-electron chi connectivity index (χ2n) is 6.27. The van der Waals surface area contributed by atoms with Crippen LogP contribution in [0.3, 0.4) is 0 Å². The van der Waals surface area contributed by atoms with E-state index in [9.17, 15) is 4.79 Å². The first-order chi connectivity index (χ1) is 12.7. The number of anilines is 1. The van der Waals surface area contributed by atoms with Crippen LogP contribution in [0.4, 0.5) is 5.95 Å². The first kappa shape index (κ1) is 18.7. The fourth-order valence-corrected chi connectivity index (χ4v) is 3.67. The van der Waals surface area contributed by atoms with Gasteiger partial charge in [-0.2, -0.15) is 0 Å². The highest BCUT2D eigenvalue weighted by Crippen LogP contribution is 2.21. The number of hydrogen-bond donors (Lipinski definition) is 1. The fourth-order valence-electron chi connectivity index (χ4n) is 2.85. The third-order valence-corrected chi connectivity index (χ3v) is 5.39. The minimum Gasteiger partial charge on any atom is -0.353 e. The Morgan fingerprint density at radius 2 is 1.92 bits per heavy atom. The van der Waals surface area contributed by atoms with Crippen molar-refractivity contribution in [2.45, 2.75) is 17.7 Å². The summed E-state index contributed by atoms with van der Waals surface area (Å²) >= 11 is 1.71. The molecular formula is C19H25N5OS. The number of benzene rings is 1. The van der Waals surface area contributed by atoms with Crippen LogP contribution in [0.1, 0.15) is 12.5 Å². The maximum absolute atomic E-state index is 11.4. The number of nitrogens with one attached hydrogen (secondary N) is 1. The zero-order valence-corrected chi connectivity index (χ0v) is 15.9. The van der Waals surface area contributed by atoms with Gasteiger partial charge in [0.2, 0.25) is 11.9 Å². The maximum Gasteiger partial charge on any atom is 0.223 e. The van der Waals surface area contributed by atoms with Crippen molar-refractivity contribution in [3.8, 4) is 0 Å². The van der Waals surface area contributed by atoms with Crippen molar-refractivity contribution in [1.82, 2.24) is 19.8 Å². The molecule has 2 heterocycles. The van der Waals surface area contributed by atoms with E-state index < -0.39 is 0 Å². The van der Waals surface area contributed by atoms with Gasteiger partial charge in [-0.3, -0.25) is 9.69 Å². The summed E-state index contributed by atoms with van der Waals surface area (Å²) in [6.45, 7) is 6.85. The summed E-state index contributed by atoms with van der Waals surface area (Å²) in [4.78, 5) is 24.5. The minimum atomic E-state index is 0.168. The van der Waals surface area contributed by atoms with Crippen molar-refractivity contribution in [2.75, 3.05) is 44.6 Å². The van der Waals surface area contributed by atoms with Crippen LogP contribution < -0.4 is 5.32 Å². The Labute approximate surface area is 159 Å². The molecule has 1 saturated heterocycles. The van der Waals surface area contributed by atoms with E-state index in [1.165, 1.54) is 5.56 Å². The summed E-state index contributed by atoms with van der Waals surface area (Å²) in [5.41, 5.74) is 1.29. The molecule has 0 spiro atoms. The molecule has 1 N–H and O–H groups in total. The standard InChI is InChI=1S/C19H25N5OS/c1-16(25)24-13-11-23(12-14-24)10-9-21-19-20-8-7-18(22-19)26-15-17-5-3-2-4-6-17/h2-8H,9-15H2,1H3,(H,20,21,22). The van der Waals surface area contributed by atoms with Crippen LogP contribution in [0.2, 0.25) is 0 Å². The number of carbonyl (C=O) groups excluding carboxylic acids is 1. The highest BCUT2D eigenvalue weighted by molar-refractivity contribution is 7.98. The molecule has 1 amide bonds. The molecule has 1 aliphatic rings. The van der Waals surface area contributed by atoms with Crippen LogP contribution >= 0.6 is 11.8 Å². The van der Waals surface area contributed by atoms with Gasteiger partial charge in [0, 0.05) is 58.1 Å². The van der Waals surface area contributed by atoms with Crippen molar-refractivity contribution in [3.05, 3.63) is 48.2 Å². The molecule has 3 rings (SSSR count). The number of hydrogen-bond acceptors (Lipinski definition) is 6. The predicted molar refractivity (Wildman–Crippen MR) is 105 cm³/mol. The van der Waals surface area contributed by atoms with Gasteiger partial charge in [-0.25, -0.2) is 9.97 Å². The molecule has 138 valence electrons. The van der Waals surface area contributed by atoms with Gasteiger partial charge >= 0.3 is 0 Å². The smallest absolute Gasteiger partial charge is 0.223 e. The van der Waals surface area contributed by atoms with Gasteiger partial charge < -0.3 is 10.2 Å². The van der Waals surface area contributed by atoms with Crippen molar-refractivity contribution >= 4 is 23.6 Å². The lowest BCUT2D eigenvalue weighted by atomic mass is 10.2. The molecule has 0 bridgehead atoms. The van der Waals surface area contributed by atoms with E-state index in [0.717, 1.165) is 50.0 Å². The van der Waals surface area contributed by atoms with Crippen LogP contribution in [-0.4, -0.2) is 64.9 Å². The molecule has 6 nitrogen and oxygen atoms in total. The molecule has 1 aromatic carbocycles. The summed E-state index contributed by atoms with van der Waals surface area (Å²) in [6, 6.07) is 12.3. The quantitative estimate of drug-likeness (QED) is 0.595. The van der Waals surface area contributed by atoms with Crippen molar-refractivity contribution in [1.29, 1.82) is 0 Å². The molecule has 26 heavy (non-hydrogen) atoms. The molecular weight excluding hydrogens is 346 g/mol. The third kappa shape index (κ3) is 5.71. The van der Waals surface area contributed by atoms with Crippen molar-refractivity contribution in [2.24, 2.45) is 0 Å². The van der Waals surface area contributed by atoms with E-state index in [0.29, 0.717) is 5.95 Å². The van der Waals surface area contributed by atoms with Gasteiger partial charge in [-0.1, -0.05) is 30.3 Å². The van der Waals surface area contributed by atoms with E-state index in [4.69, 9.17) is 0 Å². The van der Waals surface area contributed by atoms with Crippen LogP contribution in [0.15, 0.2) is 47.6 Å². The van der Waals surface area contributed by atoms with Crippen LogP contribution in [0, 0.1) is 0 Å². The Morgan fingerprint density at radius 1 is 1.15 bits per heavy atom. The van der Waals surface area contributed by atoms with Crippen LogP contribution in [0.25, 0.3) is 0 Å². The van der Waals surface area contributed by atoms with E-state index in [1.54, 1.807) is 24.9 Å². The van der Waals surface area contributed by atoms with E-state index in [2.05, 4.69) is 44.5 Å². The second-order valence-corrected chi connectivity index (χ2v) is 7.26. The summed E-state index contributed by atoms with van der Waals surface area (Å²) in [5, 5.41) is 4.28. The Hall–Kier alpha value is -2.12. The number of amides is 1. The SMILES string of the molecule is CC(=O)N1CCN(CCNc2nccc(SCc3ccccc3)n2)CC1. The van der Waals surface area contributed by atoms with Gasteiger partial charge in [0.1, 0.15) is 5.03 Å². The molecule has 0 aliphatic carbocycles. The Morgan fingerprint density at radius 3 is 2.65 bits per heavy atom. The summed E-state index contributed by atoms with van der Waals surface area (Å²) < 4.78 is 0. The van der Waals surface area contributed by atoms with Gasteiger partial charge in [-0.15, -0.1) is 11.8 Å². The van der Waals surface area contributed by atoms with Crippen molar-refractivity contribution < 1.29 is 4.79 Å². The number of piperazine rings is 1. The number of nitrogens with zero attached hydrogens (tertiary/aromatic N) is 4. The van der Waals surface area contributed by atoms with Gasteiger partial charge in [-0.05, 0) is 11.6 Å². The monoisotopic (exact) mass is 371 g/mol. The molecule has 0 radical (unpaired) electrons. The first-order valence-electron chi connectivity index (χ1n) is 8.92. The largest absolute Gasteiger partial charge is 0.353 e. The van der Waals surface area contributed by atoms with Crippen LogP contribution in [-0.2, 0) is 10.5 Å². The predicted octanol–water partition coefficient (Wildman–Crippen LogP) is 2.34. The lowest BCUT2D eigenvalue weighted by Gasteiger charge is -2.34. The first-order valence-corrected chi connectivity index (χ1v) is 9.91. The summed E-state index contributed by atoms with van der Waals surface area (Å²) in [5.74, 6) is 1.74. The number of carbonyl (C=O) groups is 1. The average Bonchev–Trinajstić information content (AvgIpc) is 2.68. The van der Waals surface area contributed by atoms with Crippen molar-refractivity contribution in [3.63, 3.8) is 0 Å². The Bertz CT molecular complexity index is 704. The highest BCUT2D eigenvalue weighted by Gasteiger charge is 2.17. The number of aromatic nitrogens is 2. The lowest BCUT2D eigenvalue weighted by molar-refractivity contribution is -0.130. The summed E-state index contributed by atoms with van der Waals surface area (Å²) in [7, 11) is 0. The lowest BCUT2D eigenvalue weighted by Crippen LogP contribution is -2.49. The van der Waals surface area contributed by atoms with Gasteiger partial charge in [0.05, 0.1) is 0 Å². The molecule has 0 atom stereocenters. The Kier molecular flexibility index (Phi) is 6.85. The Balaban J connectivity index is 1.41. The average molecular weight is 372 g/mol. The van der Waals surface area contributed by atoms with E-state index in [-0.39, 0.29) is 5.91 Å². The topological polar surface area (TPSA) is 61.4 Å². The van der Waals surface area contributed by atoms with Crippen LogP contribution in [0.5, 0.6) is 0 Å². The highest BCUT2D eigenvalue weighted by atomic mass is 32.2. The molecule has 0 unspecified atom stereocenters. The zero-order chi connectivity index (χ0) is 18.2.